The molecule has 0 fully saturated rings. The summed E-state index contributed by atoms with van der Waals surface area (Å²) in [4.78, 5) is 4.29. The van der Waals surface area contributed by atoms with E-state index in [1.165, 1.54) is 23.8 Å². The van der Waals surface area contributed by atoms with Crippen LogP contribution in [0, 0.1) is 11.6 Å². The Morgan fingerprint density at radius 1 is 1.07 bits per heavy atom. The summed E-state index contributed by atoms with van der Waals surface area (Å²) in [6.07, 6.45) is 1.48. The summed E-state index contributed by atoms with van der Waals surface area (Å²) in [6.45, 7) is 4.15. The maximum atomic E-state index is 13.8. The van der Waals surface area contributed by atoms with E-state index in [1.54, 1.807) is 0 Å². The van der Waals surface area contributed by atoms with Gasteiger partial charge in [-0.3, -0.25) is 0 Å². The van der Waals surface area contributed by atoms with Crippen LogP contribution >= 0.6 is 0 Å². The number of halogens is 2. The fourth-order valence-corrected chi connectivity index (χ4v) is 2.80. The summed E-state index contributed by atoms with van der Waals surface area (Å²) in [5, 5.41) is 0. The van der Waals surface area contributed by atoms with Gasteiger partial charge in [-0.15, -0.1) is 0 Å². The zero-order valence-electron chi connectivity index (χ0n) is 15.3. The van der Waals surface area contributed by atoms with Crippen molar-refractivity contribution in [3.8, 4) is 5.75 Å². The molecule has 1 aliphatic rings. The average molecular weight is 375 g/mol. The topological polar surface area (TPSA) is 40.0 Å². The zero-order chi connectivity index (χ0) is 19.1. The molecule has 4 nitrogen and oxygen atoms in total. The molecular weight excluding hydrogens is 352 g/mol. The zero-order valence-corrected chi connectivity index (χ0v) is 15.3. The number of benzene rings is 2. The van der Waals surface area contributed by atoms with Crippen molar-refractivity contribution in [2.75, 3.05) is 26.4 Å². The lowest BCUT2D eigenvalue weighted by Crippen LogP contribution is -2.11. The lowest BCUT2D eigenvalue weighted by molar-refractivity contribution is 0.151. The summed E-state index contributed by atoms with van der Waals surface area (Å²) in [5.74, 6) is -0.544. The minimum atomic E-state index is -0.671. The molecule has 2 aromatic carbocycles. The van der Waals surface area contributed by atoms with Crippen LogP contribution in [0.3, 0.4) is 0 Å². The molecule has 0 aromatic heterocycles. The highest BCUT2D eigenvalue weighted by Crippen LogP contribution is 2.20. The van der Waals surface area contributed by atoms with Crippen molar-refractivity contribution in [1.82, 2.24) is 0 Å². The first-order valence-corrected chi connectivity index (χ1v) is 9.12. The summed E-state index contributed by atoms with van der Waals surface area (Å²) >= 11 is 0. The third kappa shape index (κ3) is 5.26. The molecule has 0 saturated carbocycles. The van der Waals surface area contributed by atoms with Crippen molar-refractivity contribution in [3.63, 3.8) is 0 Å². The Hall–Kier alpha value is -2.47. The largest absolute Gasteiger partial charge is 0.494 e. The number of hydrogen-bond acceptors (Lipinski definition) is 4. The number of ether oxygens (including phenoxy) is 3. The van der Waals surface area contributed by atoms with Crippen LogP contribution in [0.15, 0.2) is 47.5 Å². The molecule has 0 N–H and O–H groups in total. The van der Waals surface area contributed by atoms with Crippen LogP contribution in [0.1, 0.15) is 24.5 Å². The van der Waals surface area contributed by atoms with Crippen LogP contribution in [0.25, 0.3) is 0 Å². The molecule has 1 aliphatic heterocycles. The van der Waals surface area contributed by atoms with E-state index < -0.39 is 11.6 Å². The molecule has 144 valence electrons. The number of hydrogen-bond donors (Lipinski definition) is 0. The molecule has 2 aromatic rings. The van der Waals surface area contributed by atoms with Gasteiger partial charge in [-0.05, 0) is 43.2 Å². The molecule has 6 heteroatoms. The van der Waals surface area contributed by atoms with Crippen LogP contribution in [0.2, 0.25) is 0 Å². The highest BCUT2D eigenvalue weighted by Gasteiger charge is 2.24. The molecule has 0 bridgehead atoms. The third-order valence-electron chi connectivity index (χ3n) is 4.27. The van der Waals surface area contributed by atoms with E-state index in [4.69, 9.17) is 14.2 Å². The van der Waals surface area contributed by atoms with Crippen LogP contribution in [0.5, 0.6) is 5.75 Å². The first-order chi connectivity index (χ1) is 13.2. The molecule has 1 heterocycles. The summed E-state index contributed by atoms with van der Waals surface area (Å²) in [5.41, 5.74) is 0.990. The minimum Gasteiger partial charge on any atom is -0.494 e. The van der Waals surface area contributed by atoms with Crippen molar-refractivity contribution < 1.29 is 23.0 Å². The predicted molar refractivity (Wildman–Crippen MR) is 99.4 cm³/mol. The lowest BCUT2D eigenvalue weighted by atomic mass is 10.1. The molecule has 0 radical (unpaired) electrons. The van der Waals surface area contributed by atoms with E-state index in [0.29, 0.717) is 26.2 Å². The van der Waals surface area contributed by atoms with Crippen molar-refractivity contribution in [2.45, 2.75) is 25.8 Å². The van der Waals surface area contributed by atoms with Gasteiger partial charge in [0, 0.05) is 13.0 Å². The smallest absolute Gasteiger partial charge is 0.222 e. The van der Waals surface area contributed by atoms with Crippen LogP contribution < -0.4 is 4.74 Å². The van der Waals surface area contributed by atoms with Gasteiger partial charge in [0.25, 0.3) is 0 Å². The SMILES string of the molecule is CCOCCc1ccc(OCCC2COC(c3c(F)cccc3F)=N2)cc1. The molecule has 3 rings (SSSR count). The molecule has 27 heavy (non-hydrogen) atoms. The van der Waals surface area contributed by atoms with Gasteiger partial charge in [-0.25, -0.2) is 13.8 Å². The molecule has 0 spiro atoms. The first-order valence-electron chi connectivity index (χ1n) is 9.12. The van der Waals surface area contributed by atoms with E-state index in [0.717, 1.165) is 18.8 Å². The average Bonchev–Trinajstić information content (AvgIpc) is 3.11. The monoisotopic (exact) mass is 375 g/mol. The molecule has 1 atom stereocenters. The molecule has 1 unspecified atom stereocenters. The van der Waals surface area contributed by atoms with Gasteiger partial charge in [-0.2, -0.15) is 0 Å². The second-order valence-corrected chi connectivity index (χ2v) is 6.22. The van der Waals surface area contributed by atoms with Crippen LogP contribution in [-0.2, 0) is 15.9 Å². The lowest BCUT2D eigenvalue weighted by Gasteiger charge is -2.09. The summed E-state index contributed by atoms with van der Waals surface area (Å²) in [7, 11) is 0. The van der Waals surface area contributed by atoms with Gasteiger partial charge < -0.3 is 14.2 Å². The molecular formula is C21H23F2NO3. The van der Waals surface area contributed by atoms with Crippen LogP contribution in [-0.4, -0.2) is 38.4 Å². The van der Waals surface area contributed by atoms with Gasteiger partial charge in [0.15, 0.2) is 0 Å². The number of aliphatic imine (C=N–C) groups is 1. The Kier molecular flexibility index (Phi) is 6.76. The van der Waals surface area contributed by atoms with E-state index in [2.05, 4.69) is 4.99 Å². The molecule has 0 saturated heterocycles. The standard InChI is InChI=1S/C21H23F2NO3/c1-2-25-12-10-15-6-8-17(9-7-15)26-13-11-16-14-27-21(24-16)20-18(22)4-3-5-19(20)23/h3-9,16H,2,10-14H2,1H3. The van der Waals surface area contributed by atoms with Crippen LogP contribution in [0.4, 0.5) is 8.78 Å². The van der Waals surface area contributed by atoms with Gasteiger partial charge in [0.05, 0.1) is 19.3 Å². The Bertz CT molecular complexity index is 757. The highest BCUT2D eigenvalue weighted by atomic mass is 19.1. The maximum absolute atomic E-state index is 13.8. The summed E-state index contributed by atoms with van der Waals surface area (Å²) < 4.78 is 44.1. The Morgan fingerprint density at radius 3 is 2.52 bits per heavy atom. The quantitative estimate of drug-likeness (QED) is 0.618. The van der Waals surface area contributed by atoms with Crippen molar-refractivity contribution in [1.29, 1.82) is 0 Å². The second-order valence-electron chi connectivity index (χ2n) is 6.22. The van der Waals surface area contributed by atoms with Gasteiger partial charge in [-0.1, -0.05) is 18.2 Å². The Morgan fingerprint density at radius 2 is 1.81 bits per heavy atom. The van der Waals surface area contributed by atoms with E-state index in [1.807, 2.05) is 31.2 Å². The van der Waals surface area contributed by atoms with Crippen molar-refractivity contribution in [2.24, 2.45) is 4.99 Å². The predicted octanol–water partition coefficient (Wildman–Crippen LogP) is 4.16. The molecule has 0 aliphatic carbocycles. The minimum absolute atomic E-state index is 0.0225. The highest BCUT2D eigenvalue weighted by molar-refractivity contribution is 5.95. The summed E-state index contributed by atoms with van der Waals surface area (Å²) in [6, 6.07) is 11.4. The van der Waals surface area contributed by atoms with E-state index in [-0.39, 0.29) is 17.5 Å². The number of nitrogens with zero attached hydrogens (tertiary/aromatic N) is 1. The number of rotatable bonds is 9. The fourth-order valence-electron chi connectivity index (χ4n) is 2.80. The first kappa shape index (κ1) is 19.3. The van der Waals surface area contributed by atoms with Gasteiger partial charge >= 0.3 is 0 Å². The normalized spacial score (nSPS) is 16.1. The third-order valence-corrected chi connectivity index (χ3v) is 4.27. The molecule has 0 amide bonds. The van der Waals surface area contributed by atoms with Crippen molar-refractivity contribution >= 4 is 5.90 Å². The Labute approximate surface area is 157 Å². The Balaban J connectivity index is 1.48. The maximum Gasteiger partial charge on any atom is 0.222 e. The van der Waals surface area contributed by atoms with Crippen molar-refractivity contribution in [3.05, 3.63) is 65.2 Å². The fraction of sp³-hybridized carbons (Fsp3) is 0.381. The van der Waals surface area contributed by atoms with E-state index >= 15 is 0 Å². The van der Waals surface area contributed by atoms with Gasteiger partial charge in [0.1, 0.15) is 29.6 Å². The second kappa shape index (κ2) is 9.46. The van der Waals surface area contributed by atoms with E-state index in [9.17, 15) is 8.78 Å². The van der Waals surface area contributed by atoms with Gasteiger partial charge in [0.2, 0.25) is 5.90 Å².